The Kier molecular flexibility index (Phi) is 7.49. The number of esters is 1. The van der Waals surface area contributed by atoms with Crippen LogP contribution in [-0.4, -0.2) is 34.3 Å². The number of Topliss-reactive ketones (excluding diaryl/α,β-unsaturated/α-hetero) is 2. The molecule has 2 atom stereocenters. The van der Waals surface area contributed by atoms with Crippen molar-refractivity contribution in [2.75, 3.05) is 0 Å². The van der Waals surface area contributed by atoms with E-state index in [1.165, 1.54) is 19.1 Å². The molecule has 5 nitrogen and oxygen atoms in total. The van der Waals surface area contributed by atoms with Crippen LogP contribution in [0.2, 0.25) is 0 Å². The van der Waals surface area contributed by atoms with Gasteiger partial charge in [-0.1, -0.05) is 12.2 Å². The molecule has 138 valence electrons. The van der Waals surface area contributed by atoms with Gasteiger partial charge in [-0.05, 0) is 64.7 Å². The zero-order valence-electron chi connectivity index (χ0n) is 15.5. The molecule has 0 aromatic heterocycles. The van der Waals surface area contributed by atoms with E-state index in [2.05, 4.69) is 6.58 Å². The number of allylic oxidation sites excluding steroid dienone is 2. The Hall–Kier alpha value is -2.01. The monoisotopic (exact) mass is 348 g/mol. The topological polar surface area (TPSA) is 80.7 Å². The Morgan fingerprint density at radius 2 is 1.96 bits per heavy atom. The van der Waals surface area contributed by atoms with Crippen LogP contribution in [0.4, 0.5) is 0 Å². The Balaban J connectivity index is 3.05. The average Bonchev–Trinajstić information content (AvgIpc) is 2.48. The van der Waals surface area contributed by atoms with E-state index in [9.17, 15) is 19.5 Å². The molecule has 0 aliphatic heterocycles. The maximum Gasteiger partial charge on any atom is 0.331 e. The largest absolute Gasteiger partial charge is 0.454 e. The van der Waals surface area contributed by atoms with Crippen LogP contribution >= 0.6 is 0 Å². The maximum atomic E-state index is 12.1. The van der Waals surface area contributed by atoms with Crippen molar-refractivity contribution in [3.05, 3.63) is 36.0 Å². The van der Waals surface area contributed by atoms with E-state index < -0.39 is 23.6 Å². The van der Waals surface area contributed by atoms with Gasteiger partial charge in [-0.25, -0.2) is 4.79 Å². The predicted octanol–water partition coefficient (Wildman–Crippen LogP) is 3.08. The van der Waals surface area contributed by atoms with Crippen molar-refractivity contribution in [2.24, 2.45) is 5.92 Å². The van der Waals surface area contributed by atoms with Crippen LogP contribution < -0.4 is 0 Å². The van der Waals surface area contributed by atoms with E-state index in [0.29, 0.717) is 31.3 Å². The summed E-state index contributed by atoms with van der Waals surface area (Å²) in [6.45, 7) is 10.2. The van der Waals surface area contributed by atoms with E-state index in [0.717, 1.165) is 5.57 Å². The van der Waals surface area contributed by atoms with Gasteiger partial charge in [-0.3, -0.25) is 9.59 Å². The molecule has 0 radical (unpaired) electrons. The number of ketones is 2. The van der Waals surface area contributed by atoms with Crippen LogP contribution in [0.25, 0.3) is 0 Å². The van der Waals surface area contributed by atoms with Gasteiger partial charge < -0.3 is 9.84 Å². The fourth-order valence-electron chi connectivity index (χ4n) is 2.60. The molecule has 1 aliphatic rings. The number of hydrogen-bond donors (Lipinski definition) is 1. The SMILES string of the molecule is C=C1CC[C@@H](C(C)=O)[C@@H](OC(=O)/C=C/C(C)(C)O)/C=C(/C)CCC1=O. The Bertz CT molecular complexity index is 604. The molecule has 0 heterocycles. The van der Waals surface area contributed by atoms with Crippen molar-refractivity contribution in [1.29, 1.82) is 0 Å². The maximum absolute atomic E-state index is 12.1. The Labute approximate surface area is 149 Å². The Morgan fingerprint density at radius 3 is 2.52 bits per heavy atom. The number of hydrogen-bond acceptors (Lipinski definition) is 5. The highest BCUT2D eigenvalue weighted by atomic mass is 16.5. The van der Waals surface area contributed by atoms with E-state index in [1.807, 2.05) is 6.92 Å². The van der Waals surface area contributed by atoms with Crippen LogP contribution in [0.5, 0.6) is 0 Å². The average molecular weight is 348 g/mol. The molecule has 0 amide bonds. The van der Waals surface area contributed by atoms with Crippen LogP contribution in [0.3, 0.4) is 0 Å². The summed E-state index contributed by atoms with van der Waals surface area (Å²) in [5.74, 6) is -1.24. The minimum atomic E-state index is -1.13. The highest BCUT2D eigenvalue weighted by molar-refractivity contribution is 5.95. The fraction of sp³-hybridized carbons (Fsp3) is 0.550. The van der Waals surface area contributed by atoms with E-state index in [4.69, 9.17) is 4.74 Å². The molecular weight excluding hydrogens is 320 g/mol. The third kappa shape index (κ3) is 7.61. The highest BCUT2D eigenvalue weighted by Crippen LogP contribution is 2.25. The molecule has 0 bridgehead atoms. The zero-order chi connectivity index (χ0) is 19.2. The quantitative estimate of drug-likeness (QED) is 0.480. The van der Waals surface area contributed by atoms with Gasteiger partial charge in [0.25, 0.3) is 0 Å². The first-order valence-corrected chi connectivity index (χ1v) is 8.50. The minimum absolute atomic E-state index is 0.0126. The summed E-state index contributed by atoms with van der Waals surface area (Å²) in [4.78, 5) is 36.1. The molecule has 0 saturated carbocycles. The first kappa shape index (κ1) is 21.0. The molecule has 1 aliphatic carbocycles. The van der Waals surface area contributed by atoms with Crippen molar-refractivity contribution in [2.45, 2.75) is 65.1 Å². The third-order valence-electron chi connectivity index (χ3n) is 4.14. The van der Waals surface area contributed by atoms with Crippen LogP contribution in [0.1, 0.15) is 53.4 Å². The van der Waals surface area contributed by atoms with Crippen molar-refractivity contribution >= 4 is 17.5 Å². The summed E-state index contributed by atoms with van der Waals surface area (Å²) >= 11 is 0. The zero-order valence-corrected chi connectivity index (χ0v) is 15.5. The second kappa shape index (κ2) is 8.90. The van der Waals surface area contributed by atoms with Gasteiger partial charge in [0.1, 0.15) is 11.9 Å². The standard InChI is InChI=1S/C20H28O5/c1-13-6-9-17(22)14(2)7-8-16(15(3)21)18(12-13)25-19(23)10-11-20(4,5)24/h10-12,16,18,24H,2,6-9H2,1,3-5H3/b11-10+,13-12-/t16-,18-/m0/s1. The molecule has 0 aromatic carbocycles. The molecule has 1 rings (SSSR count). The molecule has 0 fully saturated rings. The molecule has 25 heavy (non-hydrogen) atoms. The van der Waals surface area contributed by atoms with Crippen molar-refractivity contribution < 1.29 is 24.2 Å². The predicted molar refractivity (Wildman–Crippen MR) is 95.9 cm³/mol. The number of carbonyl (C=O) groups excluding carboxylic acids is 3. The van der Waals surface area contributed by atoms with Gasteiger partial charge in [0, 0.05) is 12.5 Å². The molecule has 5 heteroatoms. The van der Waals surface area contributed by atoms with Crippen LogP contribution in [0.15, 0.2) is 36.0 Å². The number of aliphatic hydroxyl groups is 1. The van der Waals surface area contributed by atoms with Gasteiger partial charge in [-0.15, -0.1) is 0 Å². The van der Waals surface area contributed by atoms with Gasteiger partial charge >= 0.3 is 5.97 Å². The molecule has 0 saturated heterocycles. The first-order valence-electron chi connectivity index (χ1n) is 8.50. The van der Waals surface area contributed by atoms with E-state index >= 15 is 0 Å². The molecule has 0 spiro atoms. The lowest BCUT2D eigenvalue weighted by Crippen LogP contribution is -2.31. The van der Waals surface area contributed by atoms with E-state index in [-0.39, 0.29) is 11.6 Å². The molecule has 0 aromatic rings. The van der Waals surface area contributed by atoms with Crippen molar-refractivity contribution in [3.63, 3.8) is 0 Å². The highest BCUT2D eigenvalue weighted by Gasteiger charge is 2.28. The number of ether oxygens (including phenoxy) is 1. The normalized spacial score (nSPS) is 25.4. The molecular formula is C20H28O5. The summed E-state index contributed by atoms with van der Waals surface area (Å²) < 4.78 is 5.48. The van der Waals surface area contributed by atoms with Crippen molar-refractivity contribution in [3.8, 4) is 0 Å². The Morgan fingerprint density at radius 1 is 1.32 bits per heavy atom. The summed E-state index contributed by atoms with van der Waals surface area (Å²) in [6, 6.07) is 0. The van der Waals surface area contributed by atoms with Gasteiger partial charge in [0.15, 0.2) is 5.78 Å². The molecule has 1 N–H and O–H groups in total. The first-order chi connectivity index (χ1) is 11.5. The van der Waals surface area contributed by atoms with Gasteiger partial charge in [0.05, 0.1) is 11.5 Å². The summed E-state index contributed by atoms with van der Waals surface area (Å²) in [5.41, 5.74) is 0.269. The van der Waals surface area contributed by atoms with Crippen LogP contribution in [0, 0.1) is 5.92 Å². The van der Waals surface area contributed by atoms with Gasteiger partial charge in [-0.2, -0.15) is 0 Å². The summed E-state index contributed by atoms with van der Waals surface area (Å²) in [6.07, 6.45) is 5.28. The van der Waals surface area contributed by atoms with Crippen molar-refractivity contribution in [1.82, 2.24) is 0 Å². The molecule has 0 unspecified atom stereocenters. The fourth-order valence-corrected chi connectivity index (χ4v) is 2.60. The smallest absolute Gasteiger partial charge is 0.331 e. The number of rotatable bonds is 4. The lowest BCUT2D eigenvalue weighted by atomic mass is 9.87. The summed E-state index contributed by atoms with van der Waals surface area (Å²) in [7, 11) is 0. The van der Waals surface area contributed by atoms with Crippen LogP contribution in [-0.2, 0) is 19.1 Å². The second-order valence-corrected chi connectivity index (χ2v) is 7.18. The van der Waals surface area contributed by atoms with Gasteiger partial charge in [0.2, 0.25) is 0 Å². The lowest BCUT2D eigenvalue weighted by molar-refractivity contribution is -0.145. The second-order valence-electron chi connectivity index (χ2n) is 7.18. The summed E-state index contributed by atoms with van der Waals surface area (Å²) in [5, 5.41) is 9.66. The van der Waals surface area contributed by atoms with E-state index in [1.54, 1.807) is 19.9 Å². The minimum Gasteiger partial charge on any atom is -0.454 e. The lowest BCUT2D eigenvalue weighted by Gasteiger charge is -2.24. The third-order valence-corrected chi connectivity index (χ3v) is 4.14. The number of carbonyl (C=O) groups is 3.